The zero-order valence-corrected chi connectivity index (χ0v) is 13.6. The van der Waals surface area contributed by atoms with Crippen molar-refractivity contribution in [3.8, 4) is 0 Å². The van der Waals surface area contributed by atoms with Crippen LogP contribution in [-0.2, 0) is 33.2 Å². The Balaban J connectivity index is 2.92. The molecule has 0 bridgehead atoms. The van der Waals surface area contributed by atoms with Crippen molar-refractivity contribution in [1.29, 1.82) is 0 Å². The van der Waals surface area contributed by atoms with Gasteiger partial charge in [-0.25, -0.2) is 0 Å². The Hall–Kier alpha value is -0.700. The van der Waals surface area contributed by atoms with Crippen LogP contribution >= 0.6 is 0 Å². The molecular formula is C15H30O7. The van der Waals surface area contributed by atoms with E-state index in [2.05, 4.69) is 6.58 Å². The second kappa shape index (κ2) is 20.3. The quantitative estimate of drug-likeness (QED) is 0.258. The van der Waals surface area contributed by atoms with Crippen molar-refractivity contribution in [3.63, 3.8) is 0 Å². The van der Waals surface area contributed by atoms with Crippen LogP contribution in [0.4, 0.5) is 0 Å². The molecule has 0 heterocycles. The second-order valence-corrected chi connectivity index (χ2v) is 4.09. The standard InChI is InChI=1S/C15H30O7/c1-3-17-6-7-19-10-11-21-14-15-22-13-12-20-9-8-18-5-4-16-2/h3H,1,4-15H2,2H3. The van der Waals surface area contributed by atoms with Crippen LogP contribution in [0.3, 0.4) is 0 Å². The molecule has 0 radical (unpaired) electrons. The molecule has 0 unspecified atom stereocenters. The van der Waals surface area contributed by atoms with E-state index in [1.807, 2.05) is 0 Å². The Morgan fingerprint density at radius 2 is 0.864 bits per heavy atom. The Bertz CT molecular complexity index is 214. The van der Waals surface area contributed by atoms with Crippen molar-refractivity contribution in [2.45, 2.75) is 0 Å². The maximum atomic E-state index is 5.36. The molecule has 0 aliphatic rings. The summed E-state index contributed by atoms with van der Waals surface area (Å²) in [6.45, 7) is 10.1. The van der Waals surface area contributed by atoms with Gasteiger partial charge >= 0.3 is 0 Å². The van der Waals surface area contributed by atoms with E-state index in [0.717, 1.165) is 0 Å². The van der Waals surface area contributed by atoms with Crippen molar-refractivity contribution < 1.29 is 33.2 Å². The maximum Gasteiger partial charge on any atom is 0.111 e. The molecule has 0 atom stereocenters. The van der Waals surface area contributed by atoms with Gasteiger partial charge in [-0.1, -0.05) is 6.58 Å². The summed E-state index contributed by atoms with van der Waals surface area (Å²) in [6.07, 6.45) is 1.40. The fourth-order valence-corrected chi connectivity index (χ4v) is 1.31. The first-order valence-corrected chi connectivity index (χ1v) is 7.52. The average Bonchev–Trinajstić information content (AvgIpc) is 2.54. The molecule has 0 aromatic rings. The number of rotatable bonds is 19. The smallest absolute Gasteiger partial charge is 0.111 e. The molecule has 0 aliphatic heterocycles. The molecule has 0 aliphatic carbocycles. The second-order valence-electron chi connectivity index (χ2n) is 4.09. The van der Waals surface area contributed by atoms with Gasteiger partial charge in [0.25, 0.3) is 0 Å². The Kier molecular flexibility index (Phi) is 19.7. The molecule has 0 spiro atoms. The molecule has 7 heteroatoms. The zero-order chi connectivity index (χ0) is 16.1. The summed E-state index contributed by atoms with van der Waals surface area (Å²) in [5.41, 5.74) is 0. The Morgan fingerprint density at radius 1 is 0.545 bits per heavy atom. The lowest BCUT2D eigenvalue weighted by molar-refractivity contribution is -0.0166. The monoisotopic (exact) mass is 322 g/mol. The molecule has 132 valence electrons. The molecule has 0 N–H and O–H groups in total. The minimum absolute atomic E-state index is 0.518. The summed E-state index contributed by atoms with van der Waals surface area (Å²) >= 11 is 0. The first kappa shape index (κ1) is 21.3. The summed E-state index contributed by atoms with van der Waals surface area (Å²) in [5.74, 6) is 0. The van der Waals surface area contributed by atoms with E-state index in [1.165, 1.54) is 6.26 Å². The Labute approximate surface area is 133 Å². The molecule has 0 rings (SSSR count). The van der Waals surface area contributed by atoms with Gasteiger partial charge in [0.15, 0.2) is 0 Å². The van der Waals surface area contributed by atoms with Crippen LogP contribution in [0.25, 0.3) is 0 Å². The Morgan fingerprint density at radius 3 is 1.18 bits per heavy atom. The molecule has 7 nitrogen and oxygen atoms in total. The van der Waals surface area contributed by atoms with Gasteiger partial charge in [-0.15, -0.1) is 0 Å². The van der Waals surface area contributed by atoms with E-state index >= 15 is 0 Å². The first-order chi connectivity index (χ1) is 10.9. The van der Waals surface area contributed by atoms with E-state index in [-0.39, 0.29) is 0 Å². The minimum Gasteiger partial charge on any atom is -0.499 e. The molecule has 0 saturated carbocycles. The predicted octanol–water partition coefficient (Wildman–Crippen LogP) is 0.876. The summed E-state index contributed by atoms with van der Waals surface area (Å²) < 4.78 is 36.3. The third-order valence-corrected chi connectivity index (χ3v) is 2.38. The summed E-state index contributed by atoms with van der Waals surface area (Å²) in [4.78, 5) is 0. The fourth-order valence-electron chi connectivity index (χ4n) is 1.31. The van der Waals surface area contributed by atoms with Crippen LogP contribution in [0.15, 0.2) is 12.8 Å². The highest BCUT2D eigenvalue weighted by molar-refractivity contribution is 4.47. The van der Waals surface area contributed by atoms with Gasteiger partial charge in [0.05, 0.1) is 78.9 Å². The molecule has 0 amide bonds. The largest absolute Gasteiger partial charge is 0.499 e. The van der Waals surface area contributed by atoms with E-state index in [9.17, 15) is 0 Å². The van der Waals surface area contributed by atoms with Gasteiger partial charge in [0.2, 0.25) is 0 Å². The van der Waals surface area contributed by atoms with Crippen molar-refractivity contribution in [1.82, 2.24) is 0 Å². The van der Waals surface area contributed by atoms with E-state index in [4.69, 9.17) is 33.2 Å². The minimum atomic E-state index is 0.518. The molecule has 0 saturated heterocycles. The highest BCUT2D eigenvalue weighted by Crippen LogP contribution is 1.84. The summed E-state index contributed by atoms with van der Waals surface area (Å²) in [7, 11) is 1.65. The van der Waals surface area contributed by atoms with E-state index in [1.54, 1.807) is 7.11 Å². The van der Waals surface area contributed by atoms with Crippen molar-refractivity contribution in [3.05, 3.63) is 12.8 Å². The maximum absolute atomic E-state index is 5.36. The summed E-state index contributed by atoms with van der Waals surface area (Å²) in [6, 6.07) is 0. The highest BCUT2D eigenvalue weighted by atomic mass is 16.6. The fraction of sp³-hybridized carbons (Fsp3) is 0.867. The van der Waals surface area contributed by atoms with Crippen molar-refractivity contribution in [2.75, 3.05) is 86.4 Å². The van der Waals surface area contributed by atoms with Crippen LogP contribution in [0.5, 0.6) is 0 Å². The van der Waals surface area contributed by atoms with Gasteiger partial charge in [0, 0.05) is 7.11 Å². The third-order valence-electron chi connectivity index (χ3n) is 2.38. The first-order valence-electron chi connectivity index (χ1n) is 7.52. The average molecular weight is 322 g/mol. The van der Waals surface area contributed by atoms with Gasteiger partial charge in [-0.3, -0.25) is 0 Å². The lowest BCUT2D eigenvalue weighted by Crippen LogP contribution is -2.14. The topological polar surface area (TPSA) is 64.6 Å². The van der Waals surface area contributed by atoms with Crippen molar-refractivity contribution in [2.24, 2.45) is 0 Å². The number of hydrogen-bond acceptors (Lipinski definition) is 7. The van der Waals surface area contributed by atoms with Crippen LogP contribution in [-0.4, -0.2) is 86.4 Å². The predicted molar refractivity (Wildman–Crippen MR) is 82.1 cm³/mol. The van der Waals surface area contributed by atoms with E-state index < -0.39 is 0 Å². The molecule has 22 heavy (non-hydrogen) atoms. The van der Waals surface area contributed by atoms with Gasteiger partial charge in [0.1, 0.15) is 6.61 Å². The van der Waals surface area contributed by atoms with Gasteiger partial charge in [-0.05, 0) is 0 Å². The number of methoxy groups -OCH3 is 1. The zero-order valence-electron chi connectivity index (χ0n) is 13.6. The summed E-state index contributed by atoms with van der Waals surface area (Å²) in [5, 5.41) is 0. The van der Waals surface area contributed by atoms with Crippen LogP contribution in [0.1, 0.15) is 0 Å². The highest BCUT2D eigenvalue weighted by Gasteiger charge is 1.93. The molecule has 0 aromatic carbocycles. The molecule has 0 fully saturated rings. The normalized spacial score (nSPS) is 10.8. The lowest BCUT2D eigenvalue weighted by atomic mass is 10.7. The third kappa shape index (κ3) is 19.3. The van der Waals surface area contributed by atoms with Crippen LogP contribution < -0.4 is 0 Å². The van der Waals surface area contributed by atoms with Gasteiger partial charge < -0.3 is 33.2 Å². The SMILES string of the molecule is C=COCCOCCOCCOCCOCCOCCOC. The van der Waals surface area contributed by atoms with Crippen LogP contribution in [0.2, 0.25) is 0 Å². The molecule has 0 aromatic heterocycles. The van der Waals surface area contributed by atoms with Crippen molar-refractivity contribution >= 4 is 0 Å². The molecular weight excluding hydrogens is 292 g/mol. The number of ether oxygens (including phenoxy) is 7. The number of hydrogen-bond donors (Lipinski definition) is 0. The van der Waals surface area contributed by atoms with Gasteiger partial charge in [-0.2, -0.15) is 0 Å². The lowest BCUT2D eigenvalue weighted by Gasteiger charge is -2.07. The van der Waals surface area contributed by atoms with E-state index in [0.29, 0.717) is 79.3 Å². The van der Waals surface area contributed by atoms with Crippen LogP contribution in [0, 0.1) is 0 Å².